The van der Waals surface area contributed by atoms with Crippen LogP contribution in [0, 0.1) is 0 Å². The standard InChI is InChI=1S/C20H22N2O5/c23-20(27-16-4-2-1-3-5-16)21-13-17(22-8-10-24-11-9-22)15-6-7-18-19(12-15)26-14-25-18/h1-7,12,17H,8-11,13-14H2,(H,21,23)/p+1/t17-/m1/s1. The maximum Gasteiger partial charge on any atom is 0.412 e. The molecule has 0 unspecified atom stereocenters. The molecule has 0 spiro atoms. The molecular formula is C20H23N2O5+. The van der Waals surface area contributed by atoms with Gasteiger partial charge in [-0.1, -0.05) is 18.2 Å². The minimum absolute atomic E-state index is 0.0757. The average Bonchev–Trinajstić information content (AvgIpc) is 3.18. The van der Waals surface area contributed by atoms with Crippen LogP contribution in [0.1, 0.15) is 11.6 Å². The molecule has 0 bridgehead atoms. The van der Waals surface area contributed by atoms with E-state index in [0.717, 1.165) is 30.2 Å². The van der Waals surface area contributed by atoms with Gasteiger partial charge in [0.05, 0.1) is 19.8 Å². The Hall–Kier alpha value is -2.77. The lowest BCUT2D eigenvalue weighted by molar-refractivity contribution is -0.937. The fourth-order valence-electron chi connectivity index (χ4n) is 3.43. The van der Waals surface area contributed by atoms with E-state index in [1.807, 2.05) is 36.4 Å². The summed E-state index contributed by atoms with van der Waals surface area (Å²) < 4.78 is 21.7. The average molecular weight is 371 g/mol. The Bertz CT molecular complexity index is 777. The van der Waals surface area contributed by atoms with Gasteiger partial charge in [-0.25, -0.2) is 4.79 Å². The topological polar surface area (TPSA) is 70.5 Å². The van der Waals surface area contributed by atoms with E-state index in [1.165, 1.54) is 4.90 Å². The van der Waals surface area contributed by atoms with Gasteiger partial charge in [-0.3, -0.25) is 0 Å². The monoisotopic (exact) mass is 371 g/mol. The summed E-state index contributed by atoms with van der Waals surface area (Å²) in [5, 5.41) is 2.90. The molecule has 0 aromatic heterocycles. The predicted octanol–water partition coefficient (Wildman–Crippen LogP) is 1.16. The van der Waals surface area contributed by atoms with Crippen LogP contribution in [0.3, 0.4) is 0 Å². The third kappa shape index (κ3) is 4.32. The zero-order valence-corrected chi connectivity index (χ0v) is 15.0. The molecule has 2 heterocycles. The van der Waals surface area contributed by atoms with Gasteiger partial charge in [0.25, 0.3) is 0 Å². The van der Waals surface area contributed by atoms with Crippen molar-refractivity contribution < 1.29 is 28.6 Å². The number of morpholine rings is 1. The van der Waals surface area contributed by atoms with Gasteiger partial charge in [-0.2, -0.15) is 0 Å². The van der Waals surface area contributed by atoms with Crippen molar-refractivity contribution >= 4 is 6.09 Å². The molecule has 2 aromatic rings. The summed E-state index contributed by atoms with van der Waals surface area (Å²) in [6.45, 7) is 3.90. The third-order valence-electron chi connectivity index (χ3n) is 4.83. The summed E-state index contributed by atoms with van der Waals surface area (Å²) >= 11 is 0. The molecule has 0 saturated carbocycles. The molecule has 2 aromatic carbocycles. The van der Waals surface area contributed by atoms with Gasteiger partial charge in [-0.15, -0.1) is 0 Å². The fraction of sp³-hybridized carbons (Fsp3) is 0.350. The van der Waals surface area contributed by atoms with Crippen molar-refractivity contribution in [2.45, 2.75) is 6.04 Å². The highest BCUT2D eigenvalue weighted by Gasteiger charge is 2.28. The third-order valence-corrected chi connectivity index (χ3v) is 4.83. The summed E-state index contributed by atoms with van der Waals surface area (Å²) in [5.74, 6) is 2.02. The van der Waals surface area contributed by atoms with Gasteiger partial charge in [0.1, 0.15) is 24.9 Å². The van der Waals surface area contributed by atoms with Crippen LogP contribution < -0.4 is 24.4 Å². The van der Waals surface area contributed by atoms with Crippen LogP contribution in [0.25, 0.3) is 0 Å². The first kappa shape index (κ1) is 17.6. The highest BCUT2D eigenvalue weighted by atomic mass is 16.7. The number of para-hydroxylation sites is 1. The quantitative estimate of drug-likeness (QED) is 0.826. The molecule has 0 radical (unpaired) electrons. The molecule has 1 atom stereocenters. The molecular weight excluding hydrogens is 348 g/mol. The largest absolute Gasteiger partial charge is 0.454 e. The smallest absolute Gasteiger partial charge is 0.412 e. The van der Waals surface area contributed by atoms with Gasteiger partial charge >= 0.3 is 6.09 Å². The number of benzene rings is 2. The van der Waals surface area contributed by atoms with Crippen LogP contribution in [0.15, 0.2) is 48.5 Å². The number of hydrogen-bond donors (Lipinski definition) is 2. The number of amides is 1. The second kappa shape index (κ2) is 8.28. The van der Waals surface area contributed by atoms with Crippen molar-refractivity contribution in [3.05, 3.63) is 54.1 Å². The minimum Gasteiger partial charge on any atom is -0.454 e. The molecule has 2 aliphatic heterocycles. The van der Waals surface area contributed by atoms with Gasteiger partial charge in [-0.05, 0) is 30.3 Å². The highest BCUT2D eigenvalue weighted by Crippen LogP contribution is 2.33. The van der Waals surface area contributed by atoms with Gasteiger partial charge < -0.3 is 29.2 Å². The number of ether oxygens (including phenoxy) is 4. The van der Waals surface area contributed by atoms with E-state index in [2.05, 4.69) is 5.32 Å². The van der Waals surface area contributed by atoms with Gasteiger partial charge in [0, 0.05) is 5.56 Å². The van der Waals surface area contributed by atoms with Crippen LogP contribution in [-0.4, -0.2) is 45.7 Å². The lowest BCUT2D eigenvalue weighted by atomic mass is 10.0. The molecule has 0 aliphatic carbocycles. The van der Waals surface area contributed by atoms with Gasteiger partial charge in [0.2, 0.25) is 6.79 Å². The number of quaternary nitrogens is 1. The Morgan fingerprint density at radius 1 is 1.07 bits per heavy atom. The number of carbonyl (C=O) groups excluding carboxylic acids is 1. The number of fused-ring (bicyclic) bond motifs is 1. The lowest BCUT2D eigenvalue weighted by Crippen LogP contribution is -3.15. The first-order valence-electron chi connectivity index (χ1n) is 9.12. The Morgan fingerprint density at radius 2 is 1.85 bits per heavy atom. The molecule has 1 amide bonds. The minimum atomic E-state index is -0.459. The van der Waals surface area contributed by atoms with E-state index in [9.17, 15) is 4.79 Å². The molecule has 2 N–H and O–H groups in total. The van der Waals surface area contributed by atoms with Crippen molar-refractivity contribution in [1.82, 2.24) is 5.32 Å². The molecule has 2 aliphatic rings. The summed E-state index contributed by atoms with van der Waals surface area (Å²) in [7, 11) is 0. The molecule has 27 heavy (non-hydrogen) atoms. The summed E-state index contributed by atoms with van der Waals surface area (Å²) in [6, 6.07) is 15.1. The normalized spacial score (nSPS) is 17.3. The zero-order valence-electron chi connectivity index (χ0n) is 15.0. The van der Waals surface area contributed by atoms with Gasteiger partial charge in [0.15, 0.2) is 11.5 Å². The van der Waals surface area contributed by atoms with Crippen LogP contribution in [-0.2, 0) is 4.74 Å². The molecule has 7 heteroatoms. The molecule has 1 saturated heterocycles. The highest BCUT2D eigenvalue weighted by molar-refractivity contribution is 5.70. The number of carbonyl (C=O) groups is 1. The molecule has 142 valence electrons. The first-order valence-corrected chi connectivity index (χ1v) is 9.12. The number of rotatable bonds is 5. The second-order valence-electron chi connectivity index (χ2n) is 6.52. The Kier molecular flexibility index (Phi) is 5.41. The van der Waals surface area contributed by atoms with E-state index in [0.29, 0.717) is 25.5 Å². The number of hydrogen-bond acceptors (Lipinski definition) is 5. The van der Waals surface area contributed by atoms with Crippen LogP contribution in [0.2, 0.25) is 0 Å². The summed E-state index contributed by atoms with van der Waals surface area (Å²) in [4.78, 5) is 13.6. The van der Waals surface area contributed by atoms with E-state index in [4.69, 9.17) is 18.9 Å². The fourth-order valence-corrected chi connectivity index (χ4v) is 3.43. The van der Waals surface area contributed by atoms with Crippen molar-refractivity contribution in [3.8, 4) is 17.2 Å². The molecule has 7 nitrogen and oxygen atoms in total. The van der Waals surface area contributed by atoms with E-state index in [1.54, 1.807) is 12.1 Å². The SMILES string of the molecule is O=C(NC[C@H](c1ccc2c(c1)OCO2)[NH+]1CCOCC1)Oc1ccccc1. The Balaban J connectivity index is 1.45. The molecule has 4 rings (SSSR count). The van der Waals surface area contributed by atoms with E-state index >= 15 is 0 Å². The summed E-state index contributed by atoms with van der Waals surface area (Å²) in [6.07, 6.45) is -0.459. The van der Waals surface area contributed by atoms with E-state index in [-0.39, 0.29) is 12.8 Å². The van der Waals surface area contributed by atoms with E-state index < -0.39 is 6.09 Å². The maximum atomic E-state index is 12.2. The zero-order chi connectivity index (χ0) is 18.5. The van der Waals surface area contributed by atoms with Crippen LogP contribution in [0.5, 0.6) is 17.2 Å². The number of nitrogens with one attached hydrogen (secondary N) is 2. The second-order valence-corrected chi connectivity index (χ2v) is 6.52. The van der Waals surface area contributed by atoms with Crippen molar-refractivity contribution in [1.29, 1.82) is 0 Å². The van der Waals surface area contributed by atoms with Crippen molar-refractivity contribution in [3.63, 3.8) is 0 Å². The molecule has 1 fully saturated rings. The predicted molar refractivity (Wildman–Crippen MR) is 97.3 cm³/mol. The van der Waals surface area contributed by atoms with Crippen molar-refractivity contribution in [2.75, 3.05) is 39.6 Å². The van der Waals surface area contributed by atoms with Crippen LogP contribution >= 0.6 is 0 Å². The summed E-state index contributed by atoms with van der Waals surface area (Å²) in [5.41, 5.74) is 1.09. The Morgan fingerprint density at radius 3 is 2.67 bits per heavy atom. The van der Waals surface area contributed by atoms with Crippen LogP contribution in [0.4, 0.5) is 4.79 Å². The first-order chi connectivity index (χ1) is 13.3. The lowest BCUT2D eigenvalue weighted by Gasteiger charge is -2.31. The Labute approximate surface area is 157 Å². The van der Waals surface area contributed by atoms with Crippen molar-refractivity contribution in [2.24, 2.45) is 0 Å². The maximum absolute atomic E-state index is 12.2.